The van der Waals surface area contributed by atoms with E-state index in [-0.39, 0.29) is 11.9 Å². The van der Waals surface area contributed by atoms with Crippen molar-refractivity contribution in [3.63, 3.8) is 0 Å². The third-order valence-corrected chi connectivity index (χ3v) is 3.08. The number of nitrogens with one attached hydrogen (secondary N) is 1. The van der Waals surface area contributed by atoms with Crippen molar-refractivity contribution in [3.05, 3.63) is 16.6 Å². The molecule has 0 aliphatic heterocycles. The van der Waals surface area contributed by atoms with Gasteiger partial charge in [-0.3, -0.25) is 4.79 Å². The summed E-state index contributed by atoms with van der Waals surface area (Å²) < 4.78 is 0. The molecule has 0 aromatic carbocycles. The number of aromatic nitrogens is 1. The summed E-state index contributed by atoms with van der Waals surface area (Å²) in [5.74, 6) is -0.0976. The van der Waals surface area contributed by atoms with Crippen molar-refractivity contribution in [2.24, 2.45) is 5.73 Å². The Hall–Kier alpha value is -0.940. The van der Waals surface area contributed by atoms with E-state index in [1.54, 1.807) is 6.20 Å². The van der Waals surface area contributed by atoms with Gasteiger partial charge in [-0.15, -0.1) is 11.3 Å². The fraction of sp³-hybridized carbons (Fsp3) is 0.600. The summed E-state index contributed by atoms with van der Waals surface area (Å²) in [7, 11) is 0. The lowest BCUT2D eigenvalue weighted by Gasteiger charge is -2.15. The van der Waals surface area contributed by atoms with Crippen LogP contribution >= 0.6 is 11.3 Å². The standard InChI is InChI=1S/C10H17N3OS/c1-3-4-8(11)9(14)13-7(2)10-12-5-6-15-10/h5-8H,3-4,11H2,1-2H3,(H,13,14)/t7?,8-/m0/s1. The number of nitrogens with two attached hydrogens (primary N) is 1. The third kappa shape index (κ3) is 3.60. The average Bonchev–Trinajstić information content (AvgIpc) is 2.70. The Labute approximate surface area is 93.9 Å². The molecule has 0 radical (unpaired) electrons. The van der Waals surface area contributed by atoms with Crippen molar-refractivity contribution in [2.45, 2.75) is 38.8 Å². The molecule has 15 heavy (non-hydrogen) atoms. The molecule has 1 aromatic heterocycles. The molecule has 5 heteroatoms. The number of nitrogens with zero attached hydrogens (tertiary/aromatic N) is 1. The van der Waals surface area contributed by atoms with E-state index in [1.807, 2.05) is 19.2 Å². The van der Waals surface area contributed by atoms with Gasteiger partial charge in [0.1, 0.15) is 5.01 Å². The van der Waals surface area contributed by atoms with Crippen LogP contribution in [0.4, 0.5) is 0 Å². The molecule has 0 aliphatic carbocycles. The van der Waals surface area contributed by atoms with Crippen LogP contribution in [0.15, 0.2) is 11.6 Å². The highest BCUT2D eigenvalue weighted by Crippen LogP contribution is 2.14. The van der Waals surface area contributed by atoms with Crippen LogP contribution < -0.4 is 11.1 Å². The zero-order valence-corrected chi connectivity index (χ0v) is 9.88. The van der Waals surface area contributed by atoms with E-state index in [1.165, 1.54) is 11.3 Å². The Bertz CT molecular complexity index is 300. The van der Waals surface area contributed by atoms with Crippen molar-refractivity contribution >= 4 is 17.2 Å². The van der Waals surface area contributed by atoms with E-state index in [0.717, 1.165) is 17.8 Å². The Morgan fingerprint density at radius 1 is 1.73 bits per heavy atom. The van der Waals surface area contributed by atoms with Gasteiger partial charge in [0, 0.05) is 11.6 Å². The van der Waals surface area contributed by atoms with Gasteiger partial charge in [0.15, 0.2) is 0 Å². The SMILES string of the molecule is CCC[C@H](N)C(=O)NC(C)c1nccs1. The van der Waals surface area contributed by atoms with Gasteiger partial charge in [0.2, 0.25) is 5.91 Å². The predicted molar refractivity (Wildman–Crippen MR) is 61.6 cm³/mol. The van der Waals surface area contributed by atoms with E-state index in [4.69, 9.17) is 5.73 Å². The molecule has 1 rings (SSSR count). The van der Waals surface area contributed by atoms with Crippen molar-refractivity contribution < 1.29 is 4.79 Å². The summed E-state index contributed by atoms with van der Waals surface area (Å²) in [6, 6.07) is -0.460. The number of hydrogen-bond donors (Lipinski definition) is 2. The Morgan fingerprint density at radius 3 is 3.00 bits per heavy atom. The highest BCUT2D eigenvalue weighted by molar-refractivity contribution is 7.09. The van der Waals surface area contributed by atoms with Crippen LogP contribution in [0.1, 0.15) is 37.7 Å². The number of rotatable bonds is 5. The van der Waals surface area contributed by atoms with Gasteiger partial charge in [0.05, 0.1) is 12.1 Å². The number of hydrogen-bond acceptors (Lipinski definition) is 4. The first-order chi connectivity index (χ1) is 7.15. The summed E-state index contributed by atoms with van der Waals surface area (Å²) in [6.07, 6.45) is 3.37. The highest BCUT2D eigenvalue weighted by atomic mass is 32.1. The molecule has 3 N–H and O–H groups in total. The molecule has 1 amide bonds. The second-order valence-electron chi connectivity index (χ2n) is 3.50. The van der Waals surface area contributed by atoms with Crippen LogP contribution in [0.2, 0.25) is 0 Å². The summed E-state index contributed by atoms with van der Waals surface area (Å²) in [5, 5.41) is 5.65. The second kappa shape index (κ2) is 5.82. The first-order valence-electron chi connectivity index (χ1n) is 5.10. The second-order valence-corrected chi connectivity index (χ2v) is 4.42. The molecule has 4 nitrogen and oxygen atoms in total. The maximum Gasteiger partial charge on any atom is 0.237 e. The van der Waals surface area contributed by atoms with E-state index in [0.29, 0.717) is 0 Å². The molecule has 1 aromatic rings. The number of amides is 1. The van der Waals surface area contributed by atoms with Crippen molar-refractivity contribution in [2.75, 3.05) is 0 Å². The first-order valence-corrected chi connectivity index (χ1v) is 5.98. The molecule has 1 unspecified atom stereocenters. The topological polar surface area (TPSA) is 68.0 Å². The van der Waals surface area contributed by atoms with E-state index < -0.39 is 6.04 Å². The van der Waals surface area contributed by atoms with Gasteiger partial charge in [-0.1, -0.05) is 13.3 Å². The van der Waals surface area contributed by atoms with E-state index in [2.05, 4.69) is 10.3 Å². The van der Waals surface area contributed by atoms with Gasteiger partial charge in [-0.05, 0) is 13.3 Å². The lowest BCUT2D eigenvalue weighted by atomic mass is 10.1. The normalized spacial score (nSPS) is 14.6. The number of thiazole rings is 1. The molecular weight excluding hydrogens is 210 g/mol. The van der Waals surface area contributed by atoms with Crippen LogP contribution in [0.25, 0.3) is 0 Å². The lowest BCUT2D eigenvalue weighted by molar-refractivity contribution is -0.123. The zero-order chi connectivity index (χ0) is 11.3. The molecule has 0 spiro atoms. The van der Waals surface area contributed by atoms with Crippen LogP contribution in [-0.2, 0) is 4.79 Å². The Kier molecular flexibility index (Phi) is 4.71. The quantitative estimate of drug-likeness (QED) is 0.800. The molecule has 0 fully saturated rings. The molecule has 0 saturated carbocycles. The monoisotopic (exact) mass is 227 g/mol. The van der Waals surface area contributed by atoms with Crippen LogP contribution in [-0.4, -0.2) is 16.9 Å². The Morgan fingerprint density at radius 2 is 2.47 bits per heavy atom. The maximum atomic E-state index is 11.6. The van der Waals surface area contributed by atoms with Gasteiger partial charge < -0.3 is 11.1 Å². The minimum Gasteiger partial charge on any atom is -0.346 e. The third-order valence-electron chi connectivity index (χ3n) is 2.12. The molecule has 1 heterocycles. The predicted octanol–water partition coefficient (Wildman–Crippen LogP) is 1.45. The van der Waals surface area contributed by atoms with E-state index in [9.17, 15) is 4.79 Å². The summed E-state index contributed by atoms with van der Waals surface area (Å²) in [6.45, 7) is 3.92. The average molecular weight is 227 g/mol. The Balaban J connectivity index is 2.44. The minimum absolute atomic E-state index is 0.0552. The van der Waals surface area contributed by atoms with Gasteiger partial charge in [0.25, 0.3) is 0 Å². The number of carbonyl (C=O) groups excluding carboxylic acids is 1. The van der Waals surface area contributed by atoms with Crippen molar-refractivity contribution in [3.8, 4) is 0 Å². The van der Waals surface area contributed by atoms with Gasteiger partial charge in [-0.2, -0.15) is 0 Å². The highest BCUT2D eigenvalue weighted by Gasteiger charge is 2.16. The van der Waals surface area contributed by atoms with Gasteiger partial charge in [-0.25, -0.2) is 4.98 Å². The summed E-state index contributed by atoms with van der Waals surface area (Å²) in [4.78, 5) is 15.7. The van der Waals surface area contributed by atoms with Crippen molar-refractivity contribution in [1.82, 2.24) is 10.3 Å². The maximum absolute atomic E-state index is 11.6. The zero-order valence-electron chi connectivity index (χ0n) is 9.06. The van der Waals surface area contributed by atoms with Crippen LogP contribution in [0.5, 0.6) is 0 Å². The molecule has 0 aliphatic rings. The van der Waals surface area contributed by atoms with Crippen LogP contribution in [0, 0.1) is 0 Å². The molecule has 0 saturated heterocycles. The fourth-order valence-electron chi connectivity index (χ4n) is 1.27. The van der Waals surface area contributed by atoms with Gasteiger partial charge >= 0.3 is 0 Å². The molecule has 0 bridgehead atoms. The minimum atomic E-state index is -0.405. The fourth-order valence-corrected chi connectivity index (χ4v) is 1.92. The number of carbonyl (C=O) groups is 1. The largest absolute Gasteiger partial charge is 0.346 e. The van der Waals surface area contributed by atoms with Crippen LogP contribution in [0.3, 0.4) is 0 Å². The smallest absolute Gasteiger partial charge is 0.237 e. The molecular formula is C10H17N3OS. The van der Waals surface area contributed by atoms with Crippen molar-refractivity contribution in [1.29, 1.82) is 0 Å². The molecule has 84 valence electrons. The summed E-state index contributed by atoms with van der Waals surface area (Å²) in [5.41, 5.74) is 5.70. The first kappa shape index (κ1) is 12.1. The van der Waals surface area contributed by atoms with E-state index >= 15 is 0 Å². The lowest BCUT2D eigenvalue weighted by Crippen LogP contribution is -2.41. The summed E-state index contributed by atoms with van der Waals surface area (Å²) >= 11 is 1.53. The molecule has 2 atom stereocenters.